The summed E-state index contributed by atoms with van der Waals surface area (Å²) in [6, 6.07) is 1.78. The summed E-state index contributed by atoms with van der Waals surface area (Å²) in [5, 5.41) is 1.57. The van der Waals surface area contributed by atoms with Crippen LogP contribution in [0.1, 0.15) is 0 Å². The summed E-state index contributed by atoms with van der Waals surface area (Å²) >= 11 is 0. The Balaban J connectivity index is 2.62. The number of rotatable bonds is 3. The van der Waals surface area contributed by atoms with Crippen molar-refractivity contribution in [1.29, 1.82) is 0 Å². The Morgan fingerprint density at radius 1 is 1.35 bits per heavy atom. The molecule has 0 bridgehead atoms. The van der Waals surface area contributed by atoms with Crippen molar-refractivity contribution in [1.82, 2.24) is 9.88 Å². The van der Waals surface area contributed by atoms with Crippen LogP contribution in [0.25, 0.3) is 0 Å². The van der Waals surface area contributed by atoms with E-state index < -0.39 is 36.5 Å². The summed E-state index contributed by atoms with van der Waals surface area (Å²) in [5.41, 5.74) is -0.673. The monoisotopic (exact) mass is 252 g/mol. The van der Waals surface area contributed by atoms with Crippen LogP contribution in [-0.2, 0) is 11.3 Å². The summed E-state index contributed by atoms with van der Waals surface area (Å²) in [5.74, 6) is -1.77. The average molecular weight is 252 g/mol. The van der Waals surface area contributed by atoms with Gasteiger partial charge in [-0.15, -0.1) is 0 Å². The molecule has 0 radical (unpaired) electrons. The molecule has 0 saturated heterocycles. The van der Waals surface area contributed by atoms with Crippen LogP contribution in [0.5, 0.6) is 0 Å². The van der Waals surface area contributed by atoms with Crippen molar-refractivity contribution < 1.29 is 22.4 Å². The van der Waals surface area contributed by atoms with Crippen LogP contribution in [0, 0.1) is 5.82 Å². The maximum atomic E-state index is 12.7. The molecule has 8 heteroatoms. The number of alkyl halides is 3. The van der Waals surface area contributed by atoms with Crippen molar-refractivity contribution >= 4 is 5.91 Å². The number of nitrogens with zero attached hydrogens (tertiary/aromatic N) is 1. The average Bonchev–Trinajstić information content (AvgIpc) is 2.20. The minimum atomic E-state index is -4.53. The minimum Gasteiger partial charge on any atom is -0.345 e. The smallest absolute Gasteiger partial charge is 0.345 e. The highest BCUT2D eigenvalue weighted by Crippen LogP contribution is 2.11. The highest BCUT2D eigenvalue weighted by Gasteiger charge is 2.27. The summed E-state index contributed by atoms with van der Waals surface area (Å²) in [4.78, 5) is 22.1. The second-order valence-electron chi connectivity index (χ2n) is 3.21. The summed E-state index contributed by atoms with van der Waals surface area (Å²) in [7, 11) is 0. The van der Waals surface area contributed by atoms with Crippen LogP contribution in [0.3, 0.4) is 0 Å². The van der Waals surface area contributed by atoms with Gasteiger partial charge in [0.05, 0.1) is 0 Å². The molecule has 0 aliphatic rings. The number of carbonyl (C=O) groups excluding carboxylic acids is 1. The van der Waals surface area contributed by atoms with Crippen LogP contribution in [0.2, 0.25) is 0 Å². The number of aromatic nitrogens is 1. The molecule has 0 aliphatic carbocycles. The van der Waals surface area contributed by atoms with E-state index in [2.05, 4.69) is 0 Å². The van der Waals surface area contributed by atoms with E-state index >= 15 is 0 Å². The van der Waals surface area contributed by atoms with Gasteiger partial charge in [-0.05, 0) is 6.07 Å². The van der Waals surface area contributed by atoms with Gasteiger partial charge < -0.3 is 9.88 Å². The predicted octanol–water partition coefficient (Wildman–Crippen LogP) is 0.666. The number of amides is 1. The fraction of sp³-hybridized carbons (Fsp3) is 0.333. The third-order valence-corrected chi connectivity index (χ3v) is 1.75. The molecule has 0 spiro atoms. The molecule has 0 unspecified atom stereocenters. The molecule has 1 amide bonds. The number of pyridine rings is 1. The molecule has 0 atom stereocenters. The Morgan fingerprint density at radius 2 is 2.00 bits per heavy atom. The molecule has 17 heavy (non-hydrogen) atoms. The molecular formula is C9H8F4N2O2. The Hall–Kier alpha value is -1.86. The van der Waals surface area contributed by atoms with Gasteiger partial charge in [0, 0.05) is 12.3 Å². The molecule has 4 nitrogen and oxygen atoms in total. The van der Waals surface area contributed by atoms with Crippen molar-refractivity contribution in [3.63, 3.8) is 0 Å². The van der Waals surface area contributed by atoms with E-state index in [1.807, 2.05) is 0 Å². The lowest BCUT2D eigenvalue weighted by Crippen LogP contribution is -2.37. The zero-order valence-corrected chi connectivity index (χ0v) is 8.42. The van der Waals surface area contributed by atoms with Gasteiger partial charge in [0.1, 0.15) is 18.9 Å². The summed E-state index contributed by atoms with van der Waals surface area (Å²) in [6.45, 7) is -2.15. The second kappa shape index (κ2) is 4.98. The number of hydrogen-bond donors (Lipinski definition) is 1. The van der Waals surface area contributed by atoms with Crippen molar-refractivity contribution in [2.45, 2.75) is 12.7 Å². The van der Waals surface area contributed by atoms with Crippen molar-refractivity contribution in [2.24, 2.45) is 0 Å². The lowest BCUT2D eigenvalue weighted by atomic mass is 10.4. The largest absolute Gasteiger partial charge is 0.405 e. The van der Waals surface area contributed by atoms with Gasteiger partial charge >= 0.3 is 6.18 Å². The molecule has 1 N–H and O–H groups in total. The first-order chi connectivity index (χ1) is 7.78. The second-order valence-corrected chi connectivity index (χ2v) is 3.21. The van der Waals surface area contributed by atoms with Crippen molar-refractivity contribution in [3.05, 3.63) is 34.5 Å². The number of hydrogen-bond acceptors (Lipinski definition) is 2. The van der Waals surface area contributed by atoms with Crippen LogP contribution in [0.15, 0.2) is 23.1 Å². The molecule has 0 fully saturated rings. The van der Waals surface area contributed by atoms with Gasteiger partial charge in [-0.1, -0.05) is 0 Å². The fourth-order valence-corrected chi connectivity index (χ4v) is 1.04. The van der Waals surface area contributed by atoms with Gasteiger partial charge in [0.25, 0.3) is 5.56 Å². The summed E-state index contributed by atoms with van der Waals surface area (Å²) < 4.78 is 48.6. The molecule has 0 aliphatic heterocycles. The number of halogens is 4. The molecule has 0 saturated carbocycles. The highest BCUT2D eigenvalue weighted by molar-refractivity contribution is 5.75. The third kappa shape index (κ3) is 4.66. The predicted molar refractivity (Wildman–Crippen MR) is 49.7 cm³/mol. The van der Waals surface area contributed by atoms with Gasteiger partial charge in [-0.25, -0.2) is 4.39 Å². The van der Waals surface area contributed by atoms with Gasteiger partial charge in [-0.3, -0.25) is 9.59 Å². The number of nitrogens with one attached hydrogen (secondary N) is 1. The molecule has 0 aromatic carbocycles. The first-order valence-electron chi connectivity index (χ1n) is 4.47. The lowest BCUT2D eigenvalue weighted by molar-refractivity contribution is -0.138. The first kappa shape index (κ1) is 13.2. The van der Waals surface area contributed by atoms with E-state index in [9.17, 15) is 27.2 Å². The lowest BCUT2D eigenvalue weighted by Gasteiger charge is -2.09. The Kier molecular flexibility index (Phi) is 3.87. The molecule has 1 aromatic heterocycles. The standard InChI is InChI=1S/C9H8F4N2O2/c10-6-1-2-8(17)15(3-6)4-7(16)14-5-9(11,12)13/h1-3H,4-5H2,(H,14,16). The Labute approximate surface area is 92.9 Å². The van der Waals surface area contributed by atoms with E-state index in [1.54, 1.807) is 5.32 Å². The van der Waals surface area contributed by atoms with Crippen molar-refractivity contribution in [2.75, 3.05) is 6.54 Å². The molecule has 94 valence electrons. The van der Waals surface area contributed by atoms with Crippen LogP contribution in [0.4, 0.5) is 17.6 Å². The van der Waals surface area contributed by atoms with E-state index in [4.69, 9.17) is 0 Å². The quantitative estimate of drug-likeness (QED) is 0.804. The Bertz CT molecular complexity index is 467. The highest BCUT2D eigenvalue weighted by atomic mass is 19.4. The van der Waals surface area contributed by atoms with E-state index in [1.165, 1.54) is 0 Å². The zero-order valence-electron chi connectivity index (χ0n) is 8.42. The third-order valence-electron chi connectivity index (χ3n) is 1.75. The van der Waals surface area contributed by atoms with Gasteiger partial charge in [0.15, 0.2) is 0 Å². The summed E-state index contributed by atoms with van der Waals surface area (Å²) in [6.07, 6.45) is -3.78. The molecular weight excluding hydrogens is 244 g/mol. The molecule has 1 heterocycles. The zero-order chi connectivity index (χ0) is 13.1. The van der Waals surface area contributed by atoms with Crippen LogP contribution in [-0.4, -0.2) is 23.2 Å². The van der Waals surface area contributed by atoms with Gasteiger partial charge in [-0.2, -0.15) is 13.2 Å². The van der Waals surface area contributed by atoms with E-state index in [0.29, 0.717) is 4.57 Å². The minimum absolute atomic E-state index is 0.660. The van der Waals surface area contributed by atoms with Crippen molar-refractivity contribution in [3.8, 4) is 0 Å². The maximum Gasteiger partial charge on any atom is 0.405 e. The Morgan fingerprint density at radius 3 is 2.59 bits per heavy atom. The van der Waals surface area contributed by atoms with E-state index in [0.717, 1.165) is 18.3 Å². The van der Waals surface area contributed by atoms with Crippen LogP contribution < -0.4 is 10.9 Å². The number of carbonyl (C=O) groups is 1. The molecule has 1 aromatic rings. The first-order valence-corrected chi connectivity index (χ1v) is 4.47. The normalized spacial score (nSPS) is 11.3. The van der Waals surface area contributed by atoms with Gasteiger partial charge in [0.2, 0.25) is 5.91 Å². The van der Waals surface area contributed by atoms with E-state index in [-0.39, 0.29) is 0 Å². The maximum absolute atomic E-state index is 12.7. The van der Waals surface area contributed by atoms with Crippen LogP contribution >= 0.6 is 0 Å². The SMILES string of the molecule is O=C(Cn1cc(F)ccc1=O)NCC(F)(F)F. The topological polar surface area (TPSA) is 51.1 Å². The molecule has 1 rings (SSSR count). The fourth-order valence-electron chi connectivity index (χ4n) is 1.04.